The van der Waals surface area contributed by atoms with Crippen LogP contribution in [-0.2, 0) is 52.4 Å². The summed E-state index contributed by atoms with van der Waals surface area (Å²) < 4.78 is 87.4. The quantitative estimate of drug-likeness (QED) is 0.0953. The summed E-state index contributed by atoms with van der Waals surface area (Å²) >= 11 is 0. The minimum Gasteiger partial charge on any atom is -0.497 e. The van der Waals surface area contributed by atoms with Gasteiger partial charge in [0.25, 0.3) is 0 Å². The molecule has 0 aliphatic carbocycles. The summed E-state index contributed by atoms with van der Waals surface area (Å²) in [6.07, 6.45) is -0.674. The van der Waals surface area contributed by atoms with Gasteiger partial charge in [-0.05, 0) is 89.5 Å². The van der Waals surface area contributed by atoms with Crippen LogP contribution in [-0.4, -0.2) is 86.1 Å². The maximum atomic E-state index is 12.5. The average Bonchev–Trinajstić information content (AvgIpc) is 3.34. The van der Waals surface area contributed by atoms with Gasteiger partial charge in [-0.1, -0.05) is 72.8 Å². The fourth-order valence-corrected chi connectivity index (χ4v) is 8.99. The monoisotopic (exact) mass is 936 g/mol. The molecule has 2 atom stereocenters. The zero-order valence-corrected chi connectivity index (χ0v) is 38.0. The third kappa shape index (κ3) is 12.0. The van der Waals surface area contributed by atoms with Gasteiger partial charge < -0.3 is 41.9 Å². The van der Waals surface area contributed by atoms with E-state index in [2.05, 4.69) is 0 Å². The SMILES string of the molecule is COc1ccc(CN2C[C@@H](c3ccc(OS(=O)(=O)c4ccccc4)cc3)OCC2=O)c(OC)c1.COc1ccc(CN2C[C@@H](c3ccc(OS(=O)(=O)c4ccccc4)cc3)OCC2=O)cc1. The fraction of sp³-hybridized carbons (Fsp3) is 0.224. The largest absolute Gasteiger partial charge is 0.497 e. The first-order valence-corrected chi connectivity index (χ1v) is 23.5. The predicted molar refractivity (Wildman–Crippen MR) is 242 cm³/mol. The number of morpholine rings is 2. The first-order valence-electron chi connectivity index (χ1n) is 20.7. The van der Waals surface area contributed by atoms with Crippen LogP contribution in [0.5, 0.6) is 28.7 Å². The molecule has 0 unspecified atom stereocenters. The number of methoxy groups -OCH3 is 3. The minimum absolute atomic E-state index is 0.0124. The fourth-order valence-electron chi connectivity index (χ4n) is 7.08. The molecule has 2 amide bonds. The van der Waals surface area contributed by atoms with Crippen molar-refractivity contribution < 1.29 is 58.5 Å². The van der Waals surface area contributed by atoms with Gasteiger partial charge in [0.15, 0.2) is 0 Å². The number of hydrogen-bond acceptors (Lipinski definition) is 13. The van der Waals surface area contributed by atoms with Crippen LogP contribution < -0.4 is 22.6 Å². The zero-order valence-electron chi connectivity index (χ0n) is 36.3. The Balaban J connectivity index is 0.000000197. The van der Waals surface area contributed by atoms with Crippen molar-refractivity contribution >= 4 is 32.1 Å². The highest BCUT2D eigenvalue weighted by Crippen LogP contribution is 2.31. The highest BCUT2D eigenvalue weighted by atomic mass is 32.2. The van der Waals surface area contributed by atoms with Crippen LogP contribution in [0.15, 0.2) is 161 Å². The van der Waals surface area contributed by atoms with Crippen molar-refractivity contribution in [3.8, 4) is 28.7 Å². The number of rotatable bonds is 15. The minimum atomic E-state index is -3.92. The molecule has 17 heteroatoms. The van der Waals surface area contributed by atoms with Gasteiger partial charge >= 0.3 is 20.2 Å². The maximum Gasteiger partial charge on any atom is 0.339 e. The maximum absolute atomic E-state index is 12.5. The summed E-state index contributed by atoms with van der Waals surface area (Å²) in [6, 6.07) is 42.3. The normalized spacial score (nSPS) is 16.4. The molecule has 15 nitrogen and oxygen atoms in total. The molecule has 2 heterocycles. The second-order valence-electron chi connectivity index (χ2n) is 15.0. The van der Waals surface area contributed by atoms with Crippen LogP contribution in [0.2, 0.25) is 0 Å². The first-order chi connectivity index (χ1) is 31.8. The highest BCUT2D eigenvalue weighted by molar-refractivity contribution is 7.87. The Morgan fingerprint density at radius 1 is 0.500 bits per heavy atom. The van der Waals surface area contributed by atoms with Crippen molar-refractivity contribution in [2.75, 3.05) is 47.6 Å². The van der Waals surface area contributed by atoms with E-state index in [0.29, 0.717) is 37.7 Å². The Kier molecular flexibility index (Phi) is 15.2. The van der Waals surface area contributed by atoms with Crippen LogP contribution >= 0.6 is 0 Å². The van der Waals surface area contributed by atoms with Gasteiger partial charge in [0.2, 0.25) is 11.8 Å². The highest BCUT2D eigenvalue weighted by Gasteiger charge is 2.30. The Morgan fingerprint density at radius 2 is 0.924 bits per heavy atom. The van der Waals surface area contributed by atoms with Crippen molar-refractivity contribution in [1.29, 1.82) is 0 Å². The summed E-state index contributed by atoms with van der Waals surface area (Å²) in [5, 5.41) is 0. The number of carbonyl (C=O) groups is 2. The van der Waals surface area contributed by atoms with Gasteiger partial charge in [0.1, 0.15) is 64.0 Å². The number of hydrogen-bond donors (Lipinski definition) is 0. The van der Waals surface area contributed by atoms with E-state index >= 15 is 0 Å². The summed E-state index contributed by atoms with van der Waals surface area (Å²) in [5.41, 5.74) is 3.49. The standard InChI is InChI=1S/C25H25NO7S.C24H23NO6S/c1-30-21-13-10-19(23(14-21)31-2)15-26-16-24(32-17-25(26)27)18-8-11-20(12-9-18)33-34(28,29)22-6-4-3-5-7-22;1-29-20-11-7-18(8-12-20)15-25-16-23(30-17-24(25)26)19-9-13-21(14-10-19)31-32(27,28)22-5-3-2-4-6-22/h3-14,24H,15-17H2,1-2H3;2-14,23H,15-17H2,1H3/t24-;23-/m00/s1. The van der Waals surface area contributed by atoms with Gasteiger partial charge in [0.05, 0.1) is 34.4 Å². The van der Waals surface area contributed by atoms with Crippen molar-refractivity contribution in [1.82, 2.24) is 9.80 Å². The van der Waals surface area contributed by atoms with E-state index in [9.17, 15) is 26.4 Å². The summed E-state index contributed by atoms with van der Waals surface area (Å²) in [6.45, 7) is 1.51. The van der Waals surface area contributed by atoms with E-state index in [-0.39, 0.29) is 58.5 Å². The van der Waals surface area contributed by atoms with Gasteiger partial charge in [-0.25, -0.2) is 0 Å². The zero-order chi connectivity index (χ0) is 46.7. The molecule has 344 valence electrons. The molecule has 0 radical (unpaired) electrons. The molecule has 0 saturated carbocycles. The average molecular weight is 937 g/mol. The van der Waals surface area contributed by atoms with Gasteiger partial charge in [0, 0.05) is 24.7 Å². The molecule has 6 aromatic rings. The molecule has 0 N–H and O–H groups in total. The molecule has 2 aliphatic heterocycles. The molecule has 66 heavy (non-hydrogen) atoms. The third-order valence-electron chi connectivity index (χ3n) is 10.7. The van der Waals surface area contributed by atoms with E-state index in [1.165, 1.54) is 24.3 Å². The summed E-state index contributed by atoms with van der Waals surface area (Å²) in [4.78, 5) is 28.5. The summed E-state index contributed by atoms with van der Waals surface area (Å²) in [5.74, 6) is 2.27. The van der Waals surface area contributed by atoms with Crippen LogP contribution in [0.3, 0.4) is 0 Å². The third-order valence-corrected chi connectivity index (χ3v) is 13.2. The van der Waals surface area contributed by atoms with Crippen molar-refractivity contribution in [2.24, 2.45) is 0 Å². The number of carbonyl (C=O) groups excluding carboxylic acids is 2. The lowest BCUT2D eigenvalue weighted by atomic mass is 10.1. The van der Waals surface area contributed by atoms with Gasteiger partial charge in [-0.15, -0.1) is 0 Å². The molecular formula is C49H48N2O13S2. The Morgan fingerprint density at radius 3 is 1.36 bits per heavy atom. The van der Waals surface area contributed by atoms with Gasteiger partial charge in [-0.2, -0.15) is 16.8 Å². The molecule has 8 rings (SSSR count). The van der Waals surface area contributed by atoms with Crippen LogP contribution in [0.25, 0.3) is 0 Å². The second kappa shape index (κ2) is 21.4. The van der Waals surface area contributed by atoms with E-state index in [0.717, 1.165) is 28.0 Å². The molecule has 2 aliphatic rings. The topological polar surface area (TPSA) is 174 Å². The molecule has 2 saturated heterocycles. The summed E-state index contributed by atoms with van der Waals surface area (Å²) in [7, 11) is -3.05. The van der Waals surface area contributed by atoms with Crippen molar-refractivity contribution in [3.63, 3.8) is 0 Å². The van der Waals surface area contributed by atoms with Crippen molar-refractivity contribution in [3.05, 3.63) is 174 Å². The molecule has 0 spiro atoms. The number of ether oxygens (including phenoxy) is 5. The molecule has 6 aromatic carbocycles. The Hall–Kier alpha value is -6.92. The van der Waals surface area contributed by atoms with E-state index < -0.39 is 20.2 Å². The van der Waals surface area contributed by atoms with Crippen molar-refractivity contribution in [2.45, 2.75) is 35.1 Å². The van der Waals surface area contributed by atoms with Crippen LogP contribution in [0, 0.1) is 0 Å². The lowest BCUT2D eigenvalue weighted by Gasteiger charge is -2.33. The molecule has 2 fully saturated rings. The molecule has 0 bridgehead atoms. The smallest absolute Gasteiger partial charge is 0.339 e. The first kappa shape index (κ1) is 47.1. The lowest BCUT2D eigenvalue weighted by molar-refractivity contribution is -0.150. The molecule has 0 aromatic heterocycles. The lowest BCUT2D eigenvalue weighted by Crippen LogP contribution is -2.42. The second-order valence-corrected chi connectivity index (χ2v) is 18.1. The Labute approximate surface area is 384 Å². The number of amides is 2. The van der Waals surface area contributed by atoms with E-state index in [4.69, 9.17) is 32.1 Å². The van der Waals surface area contributed by atoms with E-state index in [1.807, 2.05) is 36.4 Å². The predicted octanol–water partition coefficient (Wildman–Crippen LogP) is 7.13. The van der Waals surface area contributed by atoms with Crippen LogP contribution in [0.1, 0.15) is 34.5 Å². The number of nitrogens with zero attached hydrogens (tertiary/aromatic N) is 2. The van der Waals surface area contributed by atoms with Gasteiger partial charge in [-0.3, -0.25) is 9.59 Å². The molecular weight excluding hydrogens is 889 g/mol. The number of benzene rings is 6. The Bertz CT molecular complexity index is 2790. The van der Waals surface area contributed by atoms with Crippen LogP contribution in [0.4, 0.5) is 0 Å². The van der Waals surface area contributed by atoms with E-state index in [1.54, 1.807) is 122 Å².